The van der Waals surface area contributed by atoms with E-state index in [-0.39, 0.29) is 17.9 Å². The van der Waals surface area contributed by atoms with Crippen LogP contribution in [0.3, 0.4) is 0 Å². The summed E-state index contributed by atoms with van der Waals surface area (Å²) in [5.41, 5.74) is 3.72. The lowest BCUT2D eigenvalue weighted by Crippen LogP contribution is -2.23. The molecule has 0 atom stereocenters. The van der Waals surface area contributed by atoms with Crippen LogP contribution in [0.25, 0.3) is 22.4 Å². The van der Waals surface area contributed by atoms with E-state index < -0.39 is 17.6 Å². The Bertz CT molecular complexity index is 1710. The van der Waals surface area contributed by atoms with Gasteiger partial charge in [0.05, 0.1) is 23.5 Å². The molecule has 0 fully saturated rings. The van der Waals surface area contributed by atoms with Crippen molar-refractivity contribution in [3.8, 4) is 22.4 Å². The Balaban J connectivity index is 1.31. The van der Waals surface area contributed by atoms with E-state index in [9.17, 15) is 22.8 Å². The molecule has 0 radical (unpaired) electrons. The van der Waals surface area contributed by atoms with Gasteiger partial charge in [-0.2, -0.15) is 28.4 Å². The lowest BCUT2D eigenvalue weighted by atomic mass is 9.98. The van der Waals surface area contributed by atoms with Crippen molar-refractivity contribution in [2.24, 2.45) is 7.05 Å². The van der Waals surface area contributed by atoms with Crippen LogP contribution in [0.1, 0.15) is 27.2 Å². The van der Waals surface area contributed by atoms with Crippen LogP contribution in [0.4, 0.5) is 24.9 Å². The number of aryl methyl sites for hydroxylation is 2. The zero-order valence-corrected chi connectivity index (χ0v) is 22.6. The van der Waals surface area contributed by atoms with Crippen LogP contribution in [0.5, 0.6) is 0 Å². The van der Waals surface area contributed by atoms with E-state index in [1.54, 1.807) is 42.1 Å². The Hall–Kier alpha value is -5.32. The molecule has 3 aromatic carbocycles. The van der Waals surface area contributed by atoms with E-state index in [0.717, 1.165) is 34.6 Å². The summed E-state index contributed by atoms with van der Waals surface area (Å²) in [6.45, 7) is 2.10. The lowest BCUT2D eigenvalue weighted by molar-refractivity contribution is -0.137. The third kappa shape index (κ3) is 6.20. The van der Waals surface area contributed by atoms with Crippen molar-refractivity contribution >= 4 is 24.1 Å². The molecule has 212 valence electrons. The smallest absolute Gasteiger partial charge is 0.318 e. The number of carbonyl (C=O) groups excluding carboxylic acids is 2. The number of amides is 2. The highest BCUT2D eigenvalue weighted by atomic mass is 19.4. The second kappa shape index (κ2) is 11.7. The number of halogens is 3. The van der Waals surface area contributed by atoms with Crippen LogP contribution in [-0.2, 0) is 24.6 Å². The highest BCUT2D eigenvalue weighted by Crippen LogP contribution is 2.32. The van der Waals surface area contributed by atoms with Crippen molar-refractivity contribution in [2.45, 2.75) is 19.6 Å². The molecule has 42 heavy (non-hydrogen) atoms. The summed E-state index contributed by atoms with van der Waals surface area (Å²) in [6, 6.07) is 22.6. The molecule has 8 nitrogen and oxygen atoms in total. The van der Waals surface area contributed by atoms with Crippen LogP contribution in [0.2, 0.25) is 0 Å². The molecule has 2 amide bonds. The van der Waals surface area contributed by atoms with Gasteiger partial charge in [0.1, 0.15) is 0 Å². The average molecular weight is 571 g/mol. The van der Waals surface area contributed by atoms with Gasteiger partial charge in [0.15, 0.2) is 5.82 Å². The topological polar surface area (TPSA) is 93.0 Å². The van der Waals surface area contributed by atoms with Gasteiger partial charge in [0.2, 0.25) is 12.4 Å². The fourth-order valence-electron chi connectivity index (χ4n) is 4.42. The maximum absolute atomic E-state index is 13.2. The molecule has 2 aromatic heterocycles. The first-order valence-electron chi connectivity index (χ1n) is 12.9. The number of alkyl halides is 3. The first kappa shape index (κ1) is 28.2. The highest BCUT2D eigenvalue weighted by molar-refractivity contribution is 6.08. The molecule has 1 N–H and O–H groups in total. The van der Waals surface area contributed by atoms with Gasteiger partial charge in [0, 0.05) is 24.4 Å². The number of anilines is 2. The highest BCUT2D eigenvalue weighted by Gasteiger charge is 2.30. The van der Waals surface area contributed by atoms with Gasteiger partial charge in [-0.1, -0.05) is 54.6 Å². The predicted octanol–water partition coefficient (Wildman–Crippen LogP) is 6.29. The Morgan fingerprint density at radius 1 is 0.929 bits per heavy atom. The van der Waals surface area contributed by atoms with E-state index in [2.05, 4.69) is 20.5 Å². The Labute approximate surface area is 239 Å². The number of nitrogens with zero attached hydrogens (tertiary/aromatic N) is 5. The van der Waals surface area contributed by atoms with Gasteiger partial charge in [-0.3, -0.25) is 14.5 Å². The largest absolute Gasteiger partial charge is 0.416 e. The molecular weight excluding hydrogens is 545 g/mol. The Morgan fingerprint density at radius 2 is 1.62 bits per heavy atom. The summed E-state index contributed by atoms with van der Waals surface area (Å²) >= 11 is 0. The molecule has 5 rings (SSSR count). The summed E-state index contributed by atoms with van der Waals surface area (Å²) in [5.74, 6) is 0.0206. The third-order valence-electron chi connectivity index (χ3n) is 6.57. The summed E-state index contributed by atoms with van der Waals surface area (Å²) in [5, 5.41) is 11.0. The summed E-state index contributed by atoms with van der Waals surface area (Å²) in [4.78, 5) is 31.1. The van der Waals surface area contributed by atoms with E-state index in [1.807, 2.05) is 43.3 Å². The molecule has 5 aromatic rings. The van der Waals surface area contributed by atoms with E-state index in [4.69, 9.17) is 0 Å². The molecule has 0 aliphatic carbocycles. The number of rotatable bonds is 8. The van der Waals surface area contributed by atoms with Crippen LogP contribution in [0, 0.1) is 6.92 Å². The second-order valence-electron chi connectivity index (χ2n) is 9.60. The van der Waals surface area contributed by atoms with E-state index in [0.29, 0.717) is 23.5 Å². The van der Waals surface area contributed by atoms with E-state index in [1.165, 1.54) is 17.0 Å². The minimum atomic E-state index is -4.46. The normalized spacial score (nSPS) is 11.3. The van der Waals surface area contributed by atoms with Gasteiger partial charge in [-0.15, -0.1) is 0 Å². The van der Waals surface area contributed by atoms with Gasteiger partial charge in [-0.05, 0) is 53.9 Å². The zero-order valence-electron chi connectivity index (χ0n) is 22.6. The number of imidazole rings is 1. The predicted molar refractivity (Wildman–Crippen MR) is 152 cm³/mol. The molecular formula is C31H25F3N6O2. The first-order chi connectivity index (χ1) is 20.1. The summed E-state index contributed by atoms with van der Waals surface area (Å²) < 4.78 is 40.6. The second-order valence-corrected chi connectivity index (χ2v) is 9.60. The van der Waals surface area contributed by atoms with Crippen molar-refractivity contribution in [3.63, 3.8) is 0 Å². The molecule has 11 heteroatoms. The van der Waals surface area contributed by atoms with Crippen molar-refractivity contribution < 1.29 is 22.8 Å². The van der Waals surface area contributed by atoms with Crippen LogP contribution < -0.4 is 10.2 Å². The number of nitrogens with one attached hydrogen (secondary N) is 1. The van der Waals surface area contributed by atoms with E-state index >= 15 is 0 Å². The van der Waals surface area contributed by atoms with Gasteiger partial charge in [0.25, 0.3) is 5.91 Å². The minimum Gasteiger partial charge on any atom is -0.318 e. The quantitative estimate of drug-likeness (QED) is 0.222. The van der Waals surface area contributed by atoms with Crippen molar-refractivity contribution in [1.82, 2.24) is 19.7 Å². The van der Waals surface area contributed by atoms with Gasteiger partial charge < -0.3 is 9.88 Å². The first-order valence-corrected chi connectivity index (χ1v) is 12.9. The number of hydrogen-bond acceptors (Lipinski definition) is 5. The van der Waals surface area contributed by atoms with Crippen LogP contribution in [-0.4, -0.2) is 32.1 Å². The molecule has 0 saturated carbocycles. The van der Waals surface area contributed by atoms with Gasteiger partial charge >= 0.3 is 6.18 Å². The standard InChI is InChI=1S/C31H25F3N6O2/c1-20-7-16-27(38-37-20)23-10-8-21(9-11-23)17-40(19-41)30-36-28(18-39(30)2)35-29(42)26-6-4-3-5-25(26)22-12-14-24(15-13-22)31(32,33)34/h3-16,18-19H,17H2,1-2H3,(H,35,42). The molecule has 0 unspecified atom stereocenters. The molecule has 0 aliphatic rings. The maximum atomic E-state index is 13.2. The molecule has 0 bridgehead atoms. The molecule has 0 aliphatic heterocycles. The van der Waals surface area contributed by atoms with Crippen LogP contribution in [0.15, 0.2) is 91.1 Å². The fraction of sp³-hybridized carbons (Fsp3) is 0.129. The minimum absolute atomic E-state index is 0.208. The molecule has 0 saturated heterocycles. The maximum Gasteiger partial charge on any atom is 0.416 e. The SMILES string of the molecule is Cc1ccc(-c2ccc(CN(C=O)c3nc(NC(=O)c4ccccc4-c4ccc(C(F)(F)F)cc4)cn3C)cc2)nn1. The average Bonchev–Trinajstić information content (AvgIpc) is 3.35. The van der Waals surface area contributed by atoms with Crippen LogP contribution >= 0.6 is 0 Å². The molecule has 2 heterocycles. The Kier molecular flexibility index (Phi) is 7.83. The van der Waals surface area contributed by atoms with Crippen molar-refractivity contribution in [1.29, 1.82) is 0 Å². The third-order valence-corrected chi connectivity index (χ3v) is 6.57. The monoisotopic (exact) mass is 570 g/mol. The zero-order chi connectivity index (χ0) is 29.9. The van der Waals surface area contributed by atoms with Gasteiger partial charge in [-0.25, -0.2) is 0 Å². The summed E-state index contributed by atoms with van der Waals surface area (Å²) in [7, 11) is 1.70. The van der Waals surface area contributed by atoms with Crippen molar-refractivity contribution in [3.05, 3.63) is 114 Å². The lowest BCUT2D eigenvalue weighted by Gasteiger charge is -2.16. The number of carbonyl (C=O) groups is 2. The number of aromatic nitrogens is 4. The molecule has 0 spiro atoms. The Morgan fingerprint density at radius 3 is 2.26 bits per heavy atom. The number of benzene rings is 3. The number of hydrogen-bond donors (Lipinski definition) is 1. The fourth-order valence-corrected chi connectivity index (χ4v) is 4.42. The summed E-state index contributed by atoms with van der Waals surface area (Å²) in [6.07, 6.45) is -2.22. The van der Waals surface area contributed by atoms with Crippen molar-refractivity contribution in [2.75, 3.05) is 10.2 Å².